The van der Waals surface area contributed by atoms with Crippen LogP contribution in [0.2, 0.25) is 0 Å². The van der Waals surface area contributed by atoms with Crippen molar-refractivity contribution in [3.63, 3.8) is 0 Å². The van der Waals surface area contributed by atoms with E-state index in [0.717, 1.165) is 11.1 Å². The lowest BCUT2D eigenvalue weighted by Crippen LogP contribution is -2.07. The number of para-hydroxylation sites is 1. The first-order chi connectivity index (χ1) is 12.4. The van der Waals surface area contributed by atoms with Gasteiger partial charge in [-0.15, -0.1) is 5.10 Å². The maximum absolute atomic E-state index is 12.8. The summed E-state index contributed by atoms with van der Waals surface area (Å²) < 4.78 is 40.0. The van der Waals surface area contributed by atoms with Crippen LogP contribution in [-0.2, 0) is 12.7 Å². The van der Waals surface area contributed by atoms with E-state index in [4.69, 9.17) is 0 Å². The Hall–Kier alpha value is -3.30. The van der Waals surface area contributed by atoms with Crippen LogP contribution in [0.5, 0.6) is 0 Å². The molecule has 0 spiro atoms. The molecule has 10 heteroatoms. The molecule has 7 nitrogen and oxygen atoms in total. The van der Waals surface area contributed by atoms with Crippen LogP contribution in [-0.4, -0.2) is 34.9 Å². The highest BCUT2D eigenvalue weighted by Gasteiger charge is 2.36. The third kappa shape index (κ3) is 2.89. The Kier molecular flexibility index (Phi) is 3.67. The van der Waals surface area contributed by atoms with Crippen molar-refractivity contribution in [2.45, 2.75) is 19.6 Å². The Morgan fingerprint density at radius 2 is 1.85 bits per heavy atom. The van der Waals surface area contributed by atoms with Crippen LogP contribution < -0.4 is 0 Å². The quantitative estimate of drug-likeness (QED) is 0.608. The highest BCUT2D eigenvalue weighted by molar-refractivity contribution is 5.91. The largest absolute Gasteiger partial charge is 0.453 e. The molecular weight excluding hydrogens is 347 g/mol. The van der Waals surface area contributed by atoms with Crippen LogP contribution in [0.3, 0.4) is 0 Å². The second kappa shape index (κ2) is 5.90. The number of aryl methyl sites for hydroxylation is 1. The third-order valence-electron chi connectivity index (χ3n) is 3.79. The van der Waals surface area contributed by atoms with E-state index in [1.807, 2.05) is 12.1 Å². The Morgan fingerprint density at radius 1 is 1.12 bits per heavy atom. The number of aromatic amines is 1. The molecule has 0 saturated carbocycles. The Morgan fingerprint density at radius 3 is 2.54 bits per heavy atom. The Balaban J connectivity index is 1.79. The number of halogens is 3. The lowest BCUT2D eigenvalue weighted by atomic mass is 10.2. The molecule has 0 radical (unpaired) electrons. The molecule has 0 atom stereocenters. The summed E-state index contributed by atoms with van der Waals surface area (Å²) >= 11 is 0. The summed E-state index contributed by atoms with van der Waals surface area (Å²) in [6.07, 6.45) is -1.24. The van der Waals surface area contributed by atoms with E-state index in [2.05, 4.69) is 30.2 Å². The number of aromatic nitrogens is 7. The fourth-order valence-corrected chi connectivity index (χ4v) is 2.59. The van der Waals surface area contributed by atoms with Gasteiger partial charge in [0.25, 0.3) is 5.82 Å². The molecule has 0 bridgehead atoms. The maximum atomic E-state index is 12.8. The highest BCUT2D eigenvalue weighted by atomic mass is 19.4. The van der Waals surface area contributed by atoms with Crippen molar-refractivity contribution in [3.05, 3.63) is 53.9 Å². The first-order valence-corrected chi connectivity index (χ1v) is 7.65. The zero-order valence-electron chi connectivity index (χ0n) is 13.5. The number of rotatable bonds is 3. The summed E-state index contributed by atoms with van der Waals surface area (Å²) in [5, 5.41) is 10.7. The summed E-state index contributed by atoms with van der Waals surface area (Å²) in [6.45, 7) is 2.16. The number of H-pyrrole nitrogens is 1. The number of nitrogens with one attached hydrogen (secondary N) is 1. The summed E-state index contributed by atoms with van der Waals surface area (Å²) in [5.41, 5.74) is 1.88. The lowest BCUT2D eigenvalue weighted by molar-refractivity contribution is -0.144. The van der Waals surface area contributed by atoms with Crippen molar-refractivity contribution in [1.29, 1.82) is 0 Å². The van der Waals surface area contributed by atoms with Crippen LogP contribution in [0.4, 0.5) is 13.2 Å². The normalized spacial score (nSPS) is 12.0. The predicted molar refractivity (Wildman–Crippen MR) is 86.0 cm³/mol. The number of benzene rings is 1. The van der Waals surface area contributed by atoms with Gasteiger partial charge >= 0.3 is 6.18 Å². The number of alkyl halides is 3. The fourth-order valence-electron chi connectivity index (χ4n) is 2.59. The van der Waals surface area contributed by atoms with E-state index < -0.39 is 12.0 Å². The standard InChI is InChI=1S/C16H12F3N7/c1-9-20-6-10(7-21-9)8-26-12-5-3-2-4-11(12)13(25-26)14-22-15(24-23-14)16(17,18)19/h2-7H,8H2,1H3,(H,22,23,24). The van der Waals surface area contributed by atoms with Crippen molar-refractivity contribution in [1.82, 2.24) is 34.9 Å². The van der Waals surface area contributed by atoms with Gasteiger partial charge in [-0.1, -0.05) is 18.2 Å². The Labute approximate surface area is 144 Å². The molecule has 3 aromatic heterocycles. The molecule has 1 aromatic carbocycles. The summed E-state index contributed by atoms with van der Waals surface area (Å²) in [7, 11) is 0. The van der Waals surface area contributed by atoms with Gasteiger partial charge in [0, 0.05) is 23.3 Å². The summed E-state index contributed by atoms with van der Waals surface area (Å²) in [4.78, 5) is 11.8. The van der Waals surface area contributed by atoms with Crippen molar-refractivity contribution in [2.24, 2.45) is 0 Å². The second-order valence-electron chi connectivity index (χ2n) is 5.67. The molecule has 132 valence electrons. The van der Waals surface area contributed by atoms with E-state index in [1.165, 1.54) is 0 Å². The monoisotopic (exact) mass is 359 g/mol. The van der Waals surface area contributed by atoms with Crippen LogP contribution in [0.15, 0.2) is 36.7 Å². The first kappa shape index (κ1) is 16.2. The smallest absolute Gasteiger partial charge is 0.260 e. The molecule has 4 rings (SSSR count). The van der Waals surface area contributed by atoms with Crippen LogP contribution in [0.25, 0.3) is 22.4 Å². The minimum absolute atomic E-state index is 0.0348. The fraction of sp³-hybridized carbons (Fsp3) is 0.188. The van der Waals surface area contributed by atoms with Gasteiger partial charge in [0.2, 0.25) is 0 Å². The van der Waals surface area contributed by atoms with Gasteiger partial charge in [-0.05, 0) is 13.0 Å². The van der Waals surface area contributed by atoms with Crippen molar-refractivity contribution in [3.8, 4) is 11.5 Å². The predicted octanol–water partition coefficient (Wildman–Crippen LogP) is 2.99. The minimum Gasteiger partial charge on any atom is -0.260 e. The molecule has 1 N–H and O–H groups in total. The minimum atomic E-state index is -4.62. The molecule has 0 aliphatic heterocycles. The van der Waals surface area contributed by atoms with Crippen molar-refractivity contribution >= 4 is 10.9 Å². The molecule has 4 aromatic rings. The van der Waals surface area contributed by atoms with Crippen LogP contribution >= 0.6 is 0 Å². The Bertz CT molecular complexity index is 1060. The van der Waals surface area contributed by atoms with Gasteiger partial charge in [-0.3, -0.25) is 9.78 Å². The van der Waals surface area contributed by atoms with Gasteiger partial charge in [-0.25, -0.2) is 15.0 Å². The van der Waals surface area contributed by atoms with E-state index >= 15 is 0 Å². The zero-order valence-corrected chi connectivity index (χ0v) is 13.5. The van der Waals surface area contributed by atoms with Gasteiger partial charge in [0.05, 0.1) is 12.1 Å². The maximum Gasteiger partial charge on any atom is 0.453 e. The van der Waals surface area contributed by atoms with Crippen LogP contribution in [0, 0.1) is 6.92 Å². The van der Waals surface area contributed by atoms with Gasteiger partial charge in [0.15, 0.2) is 5.82 Å². The molecule has 0 fully saturated rings. The molecule has 26 heavy (non-hydrogen) atoms. The highest BCUT2D eigenvalue weighted by Crippen LogP contribution is 2.30. The first-order valence-electron chi connectivity index (χ1n) is 7.65. The second-order valence-corrected chi connectivity index (χ2v) is 5.67. The lowest BCUT2D eigenvalue weighted by Gasteiger charge is -2.03. The van der Waals surface area contributed by atoms with Gasteiger partial charge in [0.1, 0.15) is 11.5 Å². The SMILES string of the molecule is Cc1ncc(Cn2nc(-c3nc(C(F)(F)F)n[nH]3)c3ccccc32)cn1. The topological polar surface area (TPSA) is 85.2 Å². The number of fused-ring (bicyclic) bond motifs is 1. The molecular formula is C16H12F3N7. The van der Waals surface area contributed by atoms with E-state index in [9.17, 15) is 13.2 Å². The van der Waals surface area contributed by atoms with Crippen LogP contribution in [0.1, 0.15) is 17.2 Å². The third-order valence-corrected chi connectivity index (χ3v) is 3.79. The average Bonchev–Trinajstić information content (AvgIpc) is 3.22. The molecule has 0 saturated heterocycles. The summed E-state index contributed by atoms with van der Waals surface area (Å²) in [6, 6.07) is 7.23. The molecule has 3 heterocycles. The van der Waals surface area contributed by atoms with E-state index in [-0.39, 0.29) is 5.82 Å². The average molecular weight is 359 g/mol. The van der Waals surface area contributed by atoms with E-state index in [0.29, 0.717) is 23.4 Å². The number of nitrogens with zero attached hydrogens (tertiary/aromatic N) is 6. The van der Waals surface area contributed by atoms with Gasteiger partial charge < -0.3 is 0 Å². The van der Waals surface area contributed by atoms with Crippen molar-refractivity contribution in [2.75, 3.05) is 0 Å². The number of hydrogen-bond acceptors (Lipinski definition) is 5. The molecule has 0 aliphatic carbocycles. The van der Waals surface area contributed by atoms with E-state index in [1.54, 1.807) is 36.1 Å². The molecule has 0 aliphatic rings. The molecule has 0 amide bonds. The zero-order chi connectivity index (χ0) is 18.3. The molecule has 0 unspecified atom stereocenters. The van der Waals surface area contributed by atoms with Gasteiger partial charge in [-0.2, -0.15) is 18.3 Å². The number of hydrogen-bond donors (Lipinski definition) is 1. The van der Waals surface area contributed by atoms with Crippen molar-refractivity contribution < 1.29 is 13.2 Å². The summed E-state index contributed by atoms with van der Waals surface area (Å²) in [5.74, 6) is -0.605.